The number of carbonyl (C=O) groups excluding carboxylic acids is 1. The zero-order valence-electron chi connectivity index (χ0n) is 20.7. The summed E-state index contributed by atoms with van der Waals surface area (Å²) >= 11 is 0. The molecule has 1 saturated heterocycles. The van der Waals surface area contributed by atoms with E-state index in [1.807, 2.05) is 48.5 Å². The summed E-state index contributed by atoms with van der Waals surface area (Å²) in [5, 5.41) is 9.53. The summed E-state index contributed by atoms with van der Waals surface area (Å²) < 4.78 is 18.1. The van der Waals surface area contributed by atoms with E-state index in [0.29, 0.717) is 11.3 Å². The molecule has 0 spiro atoms. The van der Waals surface area contributed by atoms with E-state index in [1.165, 1.54) is 4.90 Å². The smallest absolute Gasteiger partial charge is 0.481 e. The Bertz CT molecular complexity index is 885. The normalized spacial score (nSPS) is 17.6. The van der Waals surface area contributed by atoms with E-state index < -0.39 is 36.0 Å². The summed E-state index contributed by atoms with van der Waals surface area (Å²) in [5.41, 5.74) is 2.59. The van der Waals surface area contributed by atoms with Crippen LogP contribution in [0.3, 0.4) is 0 Å². The second-order valence-electron chi connectivity index (χ2n) is 10.3. The van der Waals surface area contributed by atoms with Crippen molar-refractivity contribution in [3.8, 4) is 0 Å². The van der Waals surface area contributed by atoms with Gasteiger partial charge in [-0.05, 0) is 97.0 Å². The fourth-order valence-corrected chi connectivity index (χ4v) is 3.93. The van der Waals surface area contributed by atoms with Gasteiger partial charge in [0.15, 0.2) is 0 Å². The van der Waals surface area contributed by atoms with Gasteiger partial charge in [-0.1, -0.05) is 0 Å². The number of carboxylic acid groups (broad SMARTS) is 1. The monoisotopic (exact) mass is 433 g/mol. The number of nitrogens with zero attached hydrogens (tertiary/aromatic N) is 1. The molecule has 0 unspecified atom stereocenters. The number of aliphatic carboxylic acids is 1. The van der Waals surface area contributed by atoms with Crippen molar-refractivity contribution in [1.29, 1.82) is 0 Å². The molecule has 0 atom stereocenters. The Balaban J connectivity index is 2.71. The van der Waals surface area contributed by atoms with Crippen LogP contribution in [-0.2, 0) is 25.3 Å². The molecule has 2 rings (SSSR count). The first-order valence-electron chi connectivity index (χ1n) is 10.6. The van der Waals surface area contributed by atoms with Crippen LogP contribution >= 0.6 is 0 Å². The lowest BCUT2D eigenvalue weighted by Gasteiger charge is -2.32. The lowest BCUT2D eigenvalue weighted by molar-refractivity contribution is -0.136. The number of carboxylic acids is 1. The second-order valence-corrected chi connectivity index (χ2v) is 10.3. The molecule has 0 saturated carbocycles. The Morgan fingerprint density at radius 2 is 1.48 bits per heavy atom. The molecule has 7 nitrogen and oxygen atoms in total. The van der Waals surface area contributed by atoms with Crippen LogP contribution in [0.1, 0.15) is 70.7 Å². The fraction of sp³-hybridized carbons (Fsp3) is 0.652. The van der Waals surface area contributed by atoms with Crippen LogP contribution < -0.4 is 10.4 Å². The first kappa shape index (κ1) is 25.2. The van der Waals surface area contributed by atoms with Crippen LogP contribution in [0.4, 0.5) is 10.5 Å². The SMILES string of the molecule is Cc1c(CC(=O)O)c(C)c(N(C)C(=O)OC(C)(C)C)c(C)c1B1OC(C)(C)C(C)(C)O1. The molecule has 0 radical (unpaired) electrons. The lowest BCUT2D eigenvalue weighted by atomic mass is 9.70. The molecule has 31 heavy (non-hydrogen) atoms. The van der Waals surface area contributed by atoms with E-state index >= 15 is 0 Å². The van der Waals surface area contributed by atoms with Crippen molar-refractivity contribution in [2.45, 2.75) is 92.5 Å². The van der Waals surface area contributed by atoms with Crippen LogP contribution in [0.2, 0.25) is 0 Å². The van der Waals surface area contributed by atoms with Gasteiger partial charge in [0.25, 0.3) is 0 Å². The van der Waals surface area contributed by atoms with E-state index in [-0.39, 0.29) is 6.42 Å². The Kier molecular flexibility index (Phi) is 6.61. The van der Waals surface area contributed by atoms with Crippen LogP contribution in [-0.4, -0.2) is 48.1 Å². The van der Waals surface area contributed by atoms with Gasteiger partial charge in [0, 0.05) is 7.05 Å². The highest BCUT2D eigenvalue weighted by Crippen LogP contribution is 2.39. The zero-order valence-corrected chi connectivity index (χ0v) is 20.7. The molecule has 1 N–H and O–H groups in total. The third-order valence-corrected chi connectivity index (χ3v) is 6.24. The largest absolute Gasteiger partial charge is 0.495 e. The van der Waals surface area contributed by atoms with Crippen LogP contribution in [0, 0.1) is 20.8 Å². The molecule has 1 fully saturated rings. The lowest BCUT2D eigenvalue weighted by Crippen LogP contribution is -2.42. The van der Waals surface area contributed by atoms with Crippen molar-refractivity contribution >= 4 is 30.3 Å². The van der Waals surface area contributed by atoms with Crippen molar-refractivity contribution < 1.29 is 28.7 Å². The van der Waals surface area contributed by atoms with Crippen molar-refractivity contribution in [2.75, 3.05) is 11.9 Å². The first-order valence-corrected chi connectivity index (χ1v) is 10.6. The van der Waals surface area contributed by atoms with E-state index in [0.717, 1.165) is 22.2 Å². The molecule has 1 amide bonds. The number of anilines is 1. The van der Waals surface area contributed by atoms with Gasteiger partial charge in [-0.25, -0.2) is 4.79 Å². The van der Waals surface area contributed by atoms with Crippen molar-refractivity contribution in [2.24, 2.45) is 0 Å². The van der Waals surface area contributed by atoms with E-state index in [1.54, 1.807) is 27.8 Å². The number of rotatable bonds is 4. The number of amides is 1. The number of hydrogen-bond acceptors (Lipinski definition) is 5. The van der Waals surface area contributed by atoms with Crippen molar-refractivity contribution in [3.63, 3.8) is 0 Å². The quantitative estimate of drug-likeness (QED) is 0.725. The summed E-state index contributed by atoms with van der Waals surface area (Å²) in [6.07, 6.45) is -0.678. The zero-order chi connectivity index (χ0) is 24.1. The van der Waals surface area contributed by atoms with Gasteiger partial charge >= 0.3 is 19.2 Å². The fourth-order valence-electron chi connectivity index (χ4n) is 3.93. The molecule has 172 valence electrons. The summed E-state index contributed by atoms with van der Waals surface area (Å²) in [6, 6.07) is 0. The maximum absolute atomic E-state index is 12.8. The molecular weight excluding hydrogens is 397 g/mol. The van der Waals surface area contributed by atoms with Crippen molar-refractivity contribution in [3.05, 3.63) is 22.3 Å². The number of ether oxygens (including phenoxy) is 1. The average Bonchev–Trinajstić information content (AvgIpc) is 2.77. The molecule has 0 aliphatic carbocycles. The minimum Gasteiger partial charge on any atom is -0.481 e. The predicted octanol–water partition coefficient (Wildman–Crippen LogP) is 3.91. The van der Waals surface area contributed by atoms with E-state index in [2.05, 4.69) is 0 Å². The molecule has 1 aliphatic rings. The molecule has 1 aliphatic heterocycles. The standard InChI is InChI=1S/C23H36BNO6/c1-13-16(12-17(26)27)14(2)19(25(11)20(28)29-21(4,5)6)15(3)18(13)24-30-22(7,8)23(9,10)31-24/h12H2,1-11H3,(H,26,27). The highest BCUT2D eigenvalue weighted by Gasteiger charge is 2.53. The number of carbonyl (C=O) groups is 2. The van der Waals surface area contributed by atoms with Gasteiger partial charge in [-0.2, -0.15) is 0 Å². The molecule has 1 aromatic rings. The van der Waals surface area contributed by atoms with E-state index in [4.69, 9.17) is 14.0 Å². The third kappa shape index (κ3) is 4.90. The summed E-state index contributed by atoms with van der Waals surface area (Å²) in [6.45, 7) is 18.9. The van der Waals surface area contributed by atoms with Gasteiger partial charge in [0.05, 0.1) is 23.3 Å². The average molecular weight is 433 g/mol. The van der Waals surface area contributed by atoms with Crippen LogP contribution in [0.25, 0.3) is 0 Å². The topological polar surface area (TPSA) is 85.3 Å². The second kappa shape index (κ2) is 8.13. The van der Waals surface area contributed by atoms with Crippen LogP contribution in [0.15, 0.2) is 0 Å². The third-order valence-electron chi connectivity index (χ3n) is 6.24. The van der Waals surface area contributed by atoms with Gasteiger partial charge < -0.3 is 19.2 Å². The summed E-state index contributed by atoms with van der Waals surface area (Å²) in [5.74, 6) is -0.944. The minimum atomic E-state index is -0.944. The molecule has 8 heteroatoms. The Morgan fingerprint density at radius 3 is 1.90 bits per heavy atom. The number of hydrogen-bond donors (Lipinski definition) is 1. The highest BCUT2D eigenvalue weighted by molar-refractivity contribution is 6.63. The number of benzene rings is 1. The minimum absolute atomic E-state index is 0.167. The molecule has 1 aromatic carbocycles. The molecule has 1 heterocycles. The van der Waals surface area contributed by atoms with E-state index in [9.17, 15) is 14.7 Å². The van der Waals surface area contributed by atoms with Gasteiger partial charge in [0.1, 0.15) is 5.60 Å². The Labute approximate surface area is 186 Å². The Hall–Kier alpha value is -2.06. The predicted molar refractivity (Wildman–Crippen MR) is 122 cm³/mol. The Morgan fingerprint density at radius 1 is 1.00 bits per heavy atom. The summed E-state index contributed by atoms with van der Waals surface area (Å²) in [4.78, 5) is 25.9. The van der Waals surface area contributed by atoms with Gasteiger partial charge in [-0.15, -0.1) is 0 Å². The van der Waals surface area contributed by atoms with Crippen molar-refractivity contribution in [1.82, 2.24) is 0 Å². The maximum Gasteiger partial charge on any atom is 0.495 e. The molecular formula is C23H36BNO6. The highest BCUT2D eigenvalue weighted by atomic mass is 16.7. The maximum atomic E-state index is 12.8. The summed E-state index contributed by atoms with van der Waals surface area (Å²) in [7, 11) is 0.959. The molecule has 0 bridgehead atoms. The van der Waals surface area contributed by atoms with Gasteiger partial charge in [-0.3, -0.25) is 9.69 Å². The van der Waals surface area contributed by atoms with Crippen LogP contribution in [0.5, 0.6) is 0 Å². The molecule has 0 aromatic heterocycles. The first-order chi connectivity index (χ1) is 13.9. The van der Waals surface area contributed by atoms with Gasteiger partial charge in [0.2, 0.25) is 0 Å².